The van der Waals surface area contributed by atoms with Crippen LogP contribution in [0.3, 0.4) is 0 Å². The van der Waals surface area contributed by atoms with Gasteiger partial charge in [0.2, 0.25) is 5.88 Å². The van der Waals surface area contributed by atoms with Crippen LogP contribution in [0.4, 0.5) is 0 Å². The fourth-order valence-corrected chi connectivity index (χ4v) is 4.53. The van der Waals surface area contributed by atoms with Crippen LogP contribution in [0, 0.1) is 0 Å². The maximum absolute atomic E-state index is 13.5. The van der Waals surface area contributed by atoms with Crippen LogP contribution in [-0.4, -0.2) is 33.1 Å². The van der Waals surface area contributed by atoms with E-state index in [1.807, 2.05) is 30.3 Å². The van der Waals surface area contributed by atoms with Crippen LogP contribution >= 0.6 is 0 Å². The number of benzene rings is 2. The van der Waals surface area contributed by atoms with Gasteiger partial charge in [0.25, 0.3) is 0 Å². The molecule has 1 aliphatic carbocycles. The van der Waals surface area contributed by atoms with Gasteiger partial charge in [0.15, 0.2) is 17.3 Å². The zero-order valence-electron chi connectivity index (χ0n) is 18.2. The van der Waals surface area contributed by atoms with Crippen LogP contribution in [-0.2, 0) is 19.1 Å². The number of rotatable bonds is 5. The average molecular weight is 435 g/mol. The minimum absolute atomic E-state index is 0.0391. The maximum Gasteiger partial charge on any atom is 0.340 e. The molecule has 0 unspecified atom stereocenters. The first kappa shape index (κ1) is 21.5. The Morgan fingerprint density at radius 2 is 1.75 bits per heavy atom. The Labute approximate surface area is 186 Å². The van der Waals surface area contributed by atoms with Gasteiger partial charge in [-0.2, -0.15) is 0 Å². The Bertz CT molecular complexity index is 1120. The van der Waals surface area contributed by atoms with E-state index in [-0.39, 0.29) is 23.2 Å². The molecule has 0 fully saturated rings. The van der Waals surface area contributed by atoms with E-state index in [2.05, 4.69) is 0 Å². The third kappa shape index (κ3) is 3.60. The van der Waals surface area contributed by atoms with Crippen molar-refractivity contribution in [1.82, 2.24) is 0 Å². The normalized spacial score (nSPS) is 20.4. The van der Waals surface area contributed by atoms with Crippen LogP contribution in [0.15, 0.2) is 71.3 Å². The van der Waals surface area contributed by atoms with Crippen molar-refractivity contribution in [3.05, 3.63) is 82.4 Å². The van der Waals surface area contributed by atoms with Gasteiger partial charge in [-0.15, -0.1) is 0 Å². The number of hydrogen-bond acceptors (Lipinski definition) is 7. The van der Waals surface area contributed by atoms with Gasteiger partial charge in [0, 0.05) is 24.0 Å². The van der Waals surface area contributed by atoms with Gasteiger partial charge >= 0.3 is 5.97 Å². The zero-order chi connectivity index (χ0) is 22.8. The molecule has 1 aliphatic heterocycles. The first-order valence-electron chi connectivity index (χ1n) is 10.3. The van der Waals surface area contributed by atoms with Crippen molar-refractivity contribution >= 4 is 11.8 Å². The highest BCUT2D eigenvalue weighted by Gasteiger charge is 2.44. The van der Waals surface area contributed by atoms with Gasteiger partial charge in [0.1, 0.15) is 11.3 Å². The number of Topliss-reactive ketones (excluding diaryl/α,β-unsaturated/α-hetero) is 1. The number of esters is 1. The van der Waals surface area contributed by atoms with Crippen LogP contribution in [0.25, 0.3) is 0 Å². The lowest BCUT2D eigenvalue weighted by atomic mass is 9.73. The molecule has 0 saturated heterocycles. The fourth-order valence-electron chi connectivity index (χ4n) is 4.53. The van der Waals surface area contributed by atoms with Gasteiger partial charge < -0.3 is 24.7 Å². The molecule has 2 aliphatic rings. The molecule has 0 bridgehead atoms. The number of ketones is 1. The largest absolute Gasteiger partial charge is 0.493 e. The van der Waals surface area contributed by atoms with E-state index in [0.717, 1.165) is 5.56 Å². The van der Waals surface area contributed by atoms with E-state index in [9.17, 15) is 9.59 Å². The molecule has 2 aromatic rings. The lowest BCUT2D eigenvalue weighted by Crippen LogP contribution is -2.33. The lowest BCUT2D eigenvalue weighted by Gasteiger charge is -2.35. The van der Waals surface area contributed by atoms with Crippen molar-refractivity contribution in [3.63, 3.8) is 0 Å². The van der Waals surface area contributed by atoms with E-state index in [1.165, 1.54) is 21.3 Å². The Balaban J connectivity index is 1.88. The molecule has 2 aromatic carbocycles. The average Bonchev–Trinajstić information content (AvgIpc) is 2.82. The minimum atomic E-state index is -0.791. The predicted molar refractivity (Wildman–Crippen MR) is 117 cm³/mol. The van der Waals surface area contributed by atoms with Crippen LogP contribution < -0.4 is 15.2 Å². The van der Waals surface area contributed by atoms with Gasteiger partial charge in [-0.05, 0) is 17.5 Å². The van der Waals surface area contributed by atoms with Crippen molar-refractivity contribution in [2.45, 2.75) is 24.7 Å². The molecule has 7 nitrogen and oxygen atoms in total. The molecule has 0 aromatic heterocycles. The second-order valence-electron chi connectivity index (χ2n) is 7.66. The summed E-state index contributed by atoms with van der Waals surface area (Å²) >= 11 is 0. The van der Waals surface area contributed by atoms with Crippen molar-refractivity contribution in [1.29, 1.82) is 0 Å². The molecular formula is C25H25NO6. The Morgan fingerprint density at radius 3 is 2.41 bits per heavy atom. The number of hydrogen-bond donors (Lipinski definition) is 1. The molecule has 0 radical (unpaired) electrons. The van der Waals surface area contributed by atoms with E-state index in [4.69, 9.17) is 24.7 Å². The monoisotopic (exact) mass is 435 g/mol. The third-order valence-electron chi connectivity index (χ3n) is 5.96. The molecular weight excluding hydrogens is 410 g/mol. The third-order valence-corrected chi connectivity index (χ3v) is 5.96. The van der Waals surface area contributed by atoms with Crippen LogP contribution in [0.2, 0.25) is 0 Å². The van der Waals surface area contributed by atoms with E-state index >= 15 is 0 Å². The summed E-state index contributed by atoms with van der Waals surface area (Å²) in [5.41, 5.74) is 8.33. The number of methoxy groups -OCH3 is 3. The van der Waals surface area contributed by atoms with Crippen LogP contribution in [0.5, 0.6) is 11.5 Å². The molecule has 2 N–H and O–H groups in total. The predicted octanol–water partition coefficient (Wildman–Crippen LogP) is 3.56. The summed E-state index contributed by atoms with van der Waals surface area (Å²) in [4.78, 5) is 26.2. The molecule has 166 valence electrons. The Hall–Kier alpha value is -3.74. The molecule has 1 heterocycles. The van der Waals surface area contributed by atoms with E-state index in [1.54, 1.807) is 18.2 Å². The molecule has 32 heavy (non-hydrogen) atoms. The van der Waals surface area contributed by atoms with Crippen LogP contribution in [0.1, 0.15) is 35.8 Å². The van der Waals surface area contributed by atoms with Crippen molar-refractivity contribution in [3.8, 4) is 11.5 Å². The first-order valence-corrected chi connectivity index (χ1v) is 10.3. The summed E-state index contributed by atoms with van der Waals surface area (Å²) in [5, 5.41) is 0. The standard InChI is InChI=1S/C25H25NO6/c1-29-18-11-7-10-16(23(18)30-2)20-21-17(27)12-15(14-8-5-4-6-9-14)13-19(21)32-24(26)22(20)25(28)31-3/h4-11,15,20H,12-13,26H2,1-3H3/t15-,20+/m1/s1. The number of ether oxygens (including phenoxy) is 4. The maximum atomic E-state index is 13.5. The summed E-state index contributed by atoms with van der Waals surface area (Å²) in [5.74, 6) is -0.316. The molecule has 2 atom stereocenters. The quantitative estimate of drug-likeness (QED) is 0.717. The van der Waals surface area contributed by atoms with E-state index in [0.29, 0.717) is 41.2 Å². The van der Waals surface area contributed by atoms with Gasteiger partial charge in [-0.3, -0.25) is 4.79 Å². The fraction of sp³-hybridized carbons (Fsp3) is 0.280. The SMILES string of the molecule is COC(=O)C1=C(N)OC2=C(C(=O)C[C@@H](c3ccccc3)C2)[C@@H]1c1cccc(OC)c1OC. The molecule has 0 spiro atoms. The van der Waals surface area contributed by atoms with Crippen molar-refractivity contribution in [2.24, 2.45) is 5.73 Å². The number of carbonyl (C=O) groups excluding carboxylic acids is 2. The number of para-hydroxylation sites is 1. The van der Waals surface area contributed by atoms with Gasteiger partial charge in [0.05, 0.1) is 27.2 Å². The van der Waals surface area contributed by atoms with Crippen molar-refractivity contribution < 1.29 is 28.5 Å². The highest BCUT2D eigenvalue weighted by molar-refractivity contribution is 6.04. The topological polar surface area (TPSA) is 97.1 Å². The van der Waals surface area contributed by atoms with Gasteiger partial charge in [-0.25, -0.2) is 4.79 Å². The number of carbonyl (C=O) groups is 2. The van der Waals surface area contributed by atoms with Crippen molar-refractivity contribution in [2.75, 3.05) is 21.3 Å². The van der Waals surface area contributed by atoms with E-state index < -0.39 is 11.9 Å². The zero-order valence-corrected chi connectivity index (χ0v) is 18.2. The summed E-state index contributed by atoms with van der Waals surface area (Å²) in [6, 6.07) is 15.1. The summed E-state index contributed by atoms with van der Waals surface area (Å²) in [6.45, 7) is 0. The highest BCUT2D eigenvalue weighted by Crippen LogP contribution is 2.50. The molecule has 0 saturated carbocycles. The molecule has 0 amide bonds. The highest BCUT2D eigenvalue weighted by atomic mass is 16.5. The Morgan fingerprint density at radius 1 is 1.00 bits per heavy atom. The second kappa shape index (κ2) is 8.78. The lowest BCUT2D eigenvalue weighted by molar-refractivity contribution is -0.136. The summed E-state index contributed by atoms with van der Waals surface area (Å²) in [7, 11) is 4.30. The first-order chi connectivity index (χ1) is 15.5. The summed E-state index contributed by atoms with van der Waals surface area (Å²) < 4.78 is 21.9. The Kier molecular flexibility index (Phi) is 5.90. The molecule has 4 rings (SSSR count). The van der Waals surface area contributed by atoms with Gasteiger partial charge in [-0.1, -0.05) is 42.5 Å². The summed E-state index contributed by atoms with van der Waals surface area (Å²) in [6.07, 6.45) is 0.784. The second-order valence-corrected chi connectivity index (χ2v) is 7.66. The minimum Gasteiger partial charge on any atom is -0.493 e. The number of nitrogens with two attached hydrogens (primary N) is 1. The smallest absolute Gasteiger partial charge is 0.340 e. The molecule has 7 heteroatoms. The number of allylic oxidation sites excluding steroid dienone is 2.